The van der Waals surface area contributed by atoms with E-state index in [4.69, 9.17) is 9.47 Å². The summed E-state index contributed by atoms with van der Waals surface area (Å²) in [5.74, 6) is 1.87. The van der Waals surface area contributed by atoms with Crippen molar-refractivity contribution in [3.05, 3.63) is 78.6 Å². The van der Waals surface area contributed by atoms with Crippen LogP contribution in [0.4, 0.5) is 5.69 Å². The molecule has 1 aliphatic heterocycles. The van der Waals surface area contributed by atoms with Gasteiger partial charge in [-0.1, -0.05) is 18.2 Å². The third-order valence-corrected chi connectivity index (χ3v) is 6.07. The summed E-state index contributed by atoms with van der Waals surface area (Å²) < 4.78 is 12.5. The van der Waals surface area contributed by atoms with E-state index in [9.17, 15) is 9.59 Å². The van der Waals surface area contributed by atoms with Crippen LogP contribution in [-0.2, 0) is 4.79 Å². The molecule has 0 saturated carbocycles. The zero-order chi connectivity index (χ0) is 23.5. The van der Waals surface area contributed by atoms with Crippen molar-refractivity contribution >= 4 is 29.1 Å². The summed E-state index contributed by atoms with van der Waals surface area (Å²) in [6, 6.07) is 22.4. The van der Waals surface area contributed by atoms with Crippen LogP contribution < -0.4 is 14.8 Å². The Balaban J connectivity index is 1.35. The fourth-order valence-corrected chi connectivity index (χ4v) is 4.13. The molecule has 9 heteroatoms. The average Bonchev–Trinajstić information content (AvgIpc) is 3.51. The van der Waals surface area contributed by atoms with E-state index < -0.39 is 0 Å². The lowest BCUT2D eigenvalue weighted by molar-refractivity contribution is -0.113. The molecule has 0 unspecified atom stereocenters. The number of amides is 1. The molecule has 34 heavy (non-hydrogen) atoms. The third kappa shape index (κ3) is 4.65. The molecule has 8 nitrogen and oxygen atoms in total. The lowest BCUT2D eigenvalue weighted by Gasteiger charge is -2.09. The second-order valence-electron chi connectivity index (χ2n) is 7.49. The largest absolute Gasteiger partial charge is 0.454 e. The lowest BCUT2D eigenvalue weighted by Crippen LogP contribution is -2.14. The number of ketones is 1. The predicted molar refractivity (Wildman–Crippen MR) is 129 cm³/mol. The van der Waals surface area contributed by atoms with E-state index in [-0.39, 0.29) is 24.3 Å². The number of hydrogen-bond donors (Lipinski definition) is 1. The number of aromatic nitrogens is 3. The van der Waals surface area contributed by atoms with Gasteiger partial charge < -0.3 is 14.8 Å². The molecule has 0 spiro atoms. The van der Waals surface area contributed by atoms with Gasteiger partial charge in [-0.15, -0.1) is 16.9 Å². The minimum Gasteiger partial charge on any atom is -0.454 e. The first-order chi connectivity index (χ1) is 16.6. The summed E-state index contributed by atoms with van der Waals surface area (Å²) in [7, 11) is 0. The number of carbonyl (C=O) groups is 2. The van der Waals surface area contributed by atoms with Gasteiger partial charge in [0.25, 0.3) is 0 Å². The molecule has 5 rings (SSSR count). The van der Waals surface area contributed by atoms with E-state index in [0.29, 0.717) is 34.5 Å². The minimum atomic E-state index is -0.236. The van der Waals surface area contributed by atoms with Crippen molar-refractivity contribution in [2.24, 2.45) is 0 Å². The number of rotatable bonds is 7. The van der Waals surface area contributed by atoms with Crippen molar-refractivity contribution in [2.45, 2.75) is 11.8 Å². The maximum absolute atomic E-state index is 12.3. The van der Waals surface area contributed by atoms with Crippen LogP contribution in [0.3, 0.4) is 0 Å². The van der Waals surface area contributed by atoms with Crippen molar-refractivity contribution < 1.29 is 19.1 Å². The summed E-state index contributed by atoms with van der Waals surface area (Å²) >= 11 is 1.48. The fourth-order valence-electron chi connectivity index (χ4n) is 3.41. The Labute approximate surface area is 199 Å². The monoisotopic (exact) mass is 472 g/mol. The van der Waals surface area contributed by atoms with Crippen LogP contribution in [0.1, 0.15) is 17.5 Å². The van der Waals surface area contributed by atoms with Gasteiger partial charge in [0.1, 0.15) is 0 Å². The number of hydrogen-bond acceptors (Lipinski definition) is 7. The van der Waals surface area contributed by atoms with E-state index in [1.165, 1.54) is 18.7 Å². The second-order valence-corrected chi connectivity index (χ2v) is 8.54. The Bertz CT molecular complexity index is 1350. The van der Waals surface area contributed by atoms with Crippen LogP contribution >= 0.6 is 11.8 Å². The summed E-state index contributed by atoms with van der Waals surface area (Å²) in [6.07, 6.45) is 0. The van der Waals surface area contributed by atoms with Crippen molar-refractivity contribution in [3.63, 3.8) is 0 Å². The molecular formula is C25H20N4O4S. The molecule has 0 saturated heterocycles. The highest BCUT2D eigenvalue weighted by Crippen LogP contribution is 2.36. The molecule has 0 atom stereocenters. The van der Waals surface area contributed by atoms with Gasteiger partial charge in [0.05, 0.1) is 11.4 Å². The maximum atomic E-state index is 12.3. The number of anilines is 1. The summed E-state index contributed by atoms with van der Waals surface area (Å²) in [4.78, 5) is 29.8. The smallest absolute Gasteiger partial charge is 0.234 e. The Morgan fingerprint density at radius 3 is 2.53 bits per heavy atom. The van der Waals surface area contributed by atoms with Gasteiger partial charge >= 0.3 is 0 Å². The Kier molecular flexibility index (Phi) is 6.01. The highest BCUT2D eigenvalue weighted by molar-refractivity contribution is 8.00. The van der Waals surface area contributed by atoms with E-state index in [1.54, 1.807) is 22.9 Å². The number of nitrogens with zero attached hydrogens (tertiary/aromatic N) is 3. The number of Topliss-reactive ketones (excluding diaryl/α,β-unsaturated/α-hetero) is 1. The quantitative estimate of drug-likeness (QED) is 0.310. The van der Waals surface area contributed by atoms with Crippen molar-refractivity contribution in [1.29, 1.82) is 0 Å². The van der Waals surface area contributed by atoms with Crippen LogP contribution in [0.5, 0.6) is 11.5 Å². The Morgan fingerprint density at radius 1 is 1.00 bits per heavy atom. The van der Waals surface area contributed by atoms with Crippen LogP contribution in [-0.4, -0.2) is 39.0 Å². The third-order valence-electron chi connectivity index (χ3n) is 5.06. The fraction of sp³-hybridized carbons (Fsp3) is 0.120. The van der Waals surface area contributed by atoms with E-state index in [1.807, 2.05) is 54.6 Å². The number of benzene rings is 3. The average molecular weight is 473 g/mol. The molecule has 2 heterocycles. The van der Waals surface area contributed by atoms with Gasteiger partial charge in [-0.3, -0.25) is 9.59 Å². The molecule has 0 radical (unpaired) electrons. The number of ether oxygens (including phenoxy) is 2. The zero-order valence-corrected chi connectivity index (χ0v) is 19.0. The molecule has 1 aliphatic rings. The van der Waals surface area contributed by atoms with E-state index in [2.05, 4.69) is 15.4 Å². The number of thioether (sulfide) groups is 1. The Morgan fingerprint density at radius 2 is 1.76 bits per heavy atom. The lowest BCUT2D eigenvalue weighted by atomic mass is 10.2. The number of fused-ring (bicyclic) bond motifs is 1. The topological polar surface area (TPSA) is 95.3 Å². The van der Waals surface area contributed by atoms with Crippen molar-refractivity contribution in [3.8, 4) is 28.6 Å². The van der Waals surface area contributed by atoms with Crippen LogP contribution in [0, 0.1) is 0 Å². The highest BCUT2D eigenvalue weighted by Gasteiger charge is 2.20. The molecule has 0 fully saturated rings. The normalized spacial score (nSPS) is 11.9. The summed E-state index contributed by atoms with van der Waals surface area (Å²) in [5, 5.41) is 7.30. The molecule has 0 bridgehead atoms. The molecule has 0 aliphatic carbocycles. The second kappa shape index (κ2) is 9.40. The van der Waals surface area contributed by atoms with E-state index >= 15 is 0 Å². The van der Waals surface area contributed by atoms with Gasteiger partial charge in [-0.05, 0) is 54.6 Å². The van der Waals surface area contributed by atoms with Gasteiger partial charge in [0, 0.05) is 23.1 Å². The van der Waals surface area contributed by atoms with Gasteiger partial charge in [0.2, 0.25) is 18.5 Å². The van der Waals surface area contributed by atoms with Crippen molar-refractivity contribution in [1.82, 2.24) is 14.8 Å². The molecule has 1 amide bonds. The first-order valence-electron chi connectivity index (χ1n) is 10.5. The first-order valence-corrected chi connectivity index (χ1v) is 11.5. The summed E-state index contributed by atoms with van der Waals surface area (Å²) in [5.41, 5.74) is 2.10. The zero-order valence-electron chi connectivity index (χ0n) is 18.2. The SMILES string of the molecule is CC(=O)c1nc(-c2ccc3c(c2)OCO3)n(-c2ccc(NC(=O)CSc3ccccc3)cc2)n1. The van der Waals surface area contributed by atoms with Gasteiger partial charge in [-0.25, -0.2) is 9.67 Å². The molecule has 1 N–H and O–H groups in total. The van der Waals surface area contributed by atoms with Gasteiger partial charge in [-0.2, -0.15) is 0 Å². The summed E-state index contributed by atoms with van der Waals surface area (Å²) in [6.45, 7) is 1.59. The van der Waals surface area contributed by atoms with Crippen molar-refractivity contribution in [2.75, 3.05) is 17.9 Å². The maximum Gasteiger partial charge on any atom is 0.234 e. The molecule has 4 aromatic rings. The van der Waals surface area contributed by atoms with Gasteiger partial charge in [0.15, 0.2) is 23.1 Å². The molecule has 1 aromatic heterocycles. The minimum absolute atomic E-state index is 0.0951. The number of nitrogens with one attached hydrogen (secondary N) is 1. The molecule has 170 valence electrons. The van der Waals surface area contributed by atoms with E-state index in [0.717, 1.165) is 10.5 Å². The van der Waals surface area contributed by atoms with Crippen LogP contribution in [0.2, 0.25) is 0 Å². The predicted octanol–water partition coefficient (Wildman–Crippen LogP) is 4.60. The van der Waals surface area contributed by atoms with Crippen LogP contribution in [0.25, 0.3) is 17.1 Å². The first kappa shape index (κ1) is 21.7. The van der Waals surface area contributed by atoms with Crippen LogP contribution in [0.15, 0.2) is 77.7 Å². The molecular weight excluding hydrogens is 452 g/mol. The highest BCUT2D eigenvalue weighted by atomic mass is 32.2. The molecule has 3 aromatic carbocycles. The Hall–Kier alpha value is -4.11. The standard InChI is InChI=1S/C25H20N4O4S/c1-16(30)24-27-25(17-7-12-21-22(13-17)33-15-32-21)29(28-24)19-10-8-18(9-11-19)26-23(31)14-34-20-5-3-2-4-6-20/h2-13H,14-15H2,1H3,(H,26,31). The number of carbonyl (C=O) groups excluding carboxylic acids is 2.